The third kappa shape index (κ3) is 6.38. The Morgan fingerprint density at radius 2 is 1.89 bits per heavy atom. The molecule has 1 fully saturated rings. The van der Waals surface area contributed by atoms with E-state index in [1.54, 1.807) is 6.07 Å². The molecule has 3 N–H and O–H groups in total. The van der Waals surface area contributed by atoms with Crippen LogP contribution < -0.4 is 11.1 Å². The highest BCUT2D eigenvalue weighted by Crippen LogP contribution is 2.23. The first-order valence-corrected chi connectivity index (χ1v) is 8.68. The van der Waals surface area contributed by atoms with Crippen LogP contribution in [0.3, 0.4) is 0 Å². The van der Waals surface area contributed by atoms with Crippen molar-refractivity contribution in [2.24, 2.45) is 5.73 Å². The summed E-state index contributed by atoms with van der Waals surface area (Å²) in [6, 6.07) is 9.47. The zero-order valence-electron chi connectivity index (χ0n) is 14.7. The Morgan fingerprint density at radius 1 is 1.22 bits per heavy atom. The second-order valence-electron chi connectivity index (χ2n) is 5.93. The number of furan rings is 1. The molecule has 150 valence electrons. The molecule has 0 bridgehead atoms. The van der Waals surface area contributed by atoms with Gasteiger partial charge in [0.25, 0.3) is 5.91 Å². The average molecular weight is 437 g/mol. The minimum atomic E-state index is -0.171. The van der Waals surface area contributed by atoms with Crippen molar-refractivity contribution in [3.8, 4) is 0 Å². The number of halogens is 3. The zero-order chi connectivity index (χ0) is 17.6. The van der Waals surface area contributed by atoms with E-state index in [4.69, 9.17) is 26.5 Å². The molecule has 6 nitrogen and oxygen atoms in total. The molecule has 0 radical (unpaired) electrons. The molecular weight excluding hydrogens is 413 g/mol. The van der Waals surface area contributed by atoms with E-state index in [1.165, 1.54) is 6.26 Å². The van der Waals surface area contributed by atoms with Crippen LogP contribution in [0.5, 0.6) is 0 Å². The zero-order valence-corrected chi connectivity index (χ0v) is 17.1. The molecule has 1 saturated heterocycles. The Hall–Kier alpha value is -1.28. The highest BCUT2D eigenvalue weighted by molar-refractivity contribution is 6.30. The van der Waals surface area contributed by atoms with Gasteiger partial charge in [0, 0.05) is 24.7 Å². The third-order valence-electron chi connectivity index (χ3n) is 4.31. The maximum atomic E-state index is 12.4. The number of ether oxygens (including phenoxy) is 1. The Bertz CT molecular complexity index is 703. The summed E-state index contributed by atoms with van der Waals surface area (Å²) in [5, 5.41) is 3.69. The number of rotatable bonds is 6. The fourth-order valence-electron chi connectivity index (χ4n) is 2.93. The Balaban J connectivity index is 0.00000182. The third-order valence-corrected chi connectivity index (χ3v) is 4.57. The molecule has 1 aromatic carbocycles. The molecule has 1 amide bonds. The molecule has 0 spiro atoms. The second kappa shape index (κ2) is 11.5. The summed E-state index contributed by atoms with van der Waals surface area (Å²) < 4.78 is 10.7. The average Bonchev–Trinajstić information content (AvgIpc) is 3.13. The number of carbonyl (C=O) groups is 1. The lowest BCUT2D eigenvalue weighted by molar-refractivity contribution is 0.0162. The SMILES string of the molecule is Cl.Cl.NCc1cc(C(=O)NCC(c2ccc(Cl)cc2)N2CCOCC2)co1. The largest absolute Gasteiger partial charge is 0.467 e. The Labute approximate surface area is 176 Å². The van der Waals surface area contributed by atoms with E-state index in [9.17, 15) is 4.79 Å². The van der Waals surface area contributed by atoms with Gasteiger partial charge in [0.2, 0.25) is 0 Å². The van der Waals surface area contributed by atoms with Crippen LogP contribution in [0.15, 0.2) is 41.0 Å². The van der Waals surface area contributed by atoms with Crippen LogP contribution in [0.2, 0.25) is 5.02 Å². The van der Waals surface area contributed by atoms with E-state index in [0.717, 1.165) is 18.7 Å². The molecule has 27 heavy (non-hydrogen) atoms. The van der Waals surface area contributed by atoms with Crippen LogP contribution in [-0.4, -0.2) is 43.7 Å². The molecule has 3 rings (SSSR count). The van der Waals surface area contributed by atoms with Gasteiger partial charge in [0.15, 0.2) is 0 Å². The molecule has 1 aliphatic heterocycles. The molecule has 0 saturated carbocycles. The van der Waals surface area contributed by atoms with Gasteiger partial charge in [-0.2, -0.15) is 0 Å². The summed E-state index contributed by atoms with van der Waals surface area (Å²) in [4.78, 5) is 14.7. The fourth-order valence-corrected chi connectivity index (χ4v) is 3.06. The van der Waals surface area contributed by atoms with Gasteiger partial charge in [0.1, 0.15) is 12.0 Å². The van der Waals surface area contributed by atoms with Gasteiger partial charge in [-0.15, -0.1) is 24.8 Å². The number of nitrogens with one attached hydrogen (secondary N) is 1. The predicted octanol–water partition coefficient (Wildman–Crippen LogP) is 3.04. The molecule has 1 atom stereocenters. The summed E-state index contributed by atoms with van der Waals surface area (Å²) in [6.07, 6.45) is 1.43. The van der Waals surface area contributed by atoms with E-state index >= 15 is 0 Å². The number of hydrogen-bond acceptors (Lipinski definition) is 5. The predicted molar refractivity (Wildman–Crippen MR) is 110 cm³/mol. The summed E-state index contributed by atoms with van der Waals surface area (Å²) in [7, 11) is 0. The molecule has 2 heterocycles. The van der Waals surface area contributed by atoms with Crippen molar-refractivity contribution < 1.29 is 13.9 Å². The van der Waals surface area contributed by atoms with E-state index in [2.05, 4.69) is 10.2 Å². The van der Waals surface area contributed by atoms with Crippen molar-refractivity contribution in [3.63, 3.8) is 0 Å². The number of morpholine rings is 1. The summed E-state index contributed by atoms with van der Waals surface area (Å²) in [5.74, 6) is 0.420. The van der Waals surface area contributed by atoms with Crippen molar-refractivity contribution in [1.82, 2.24) is 10.2 Å². The number of amides is 1. The highest BCUT2D eigenvalue weighted by Gasteiger charge is 2.23. The molecule has 1 unspecified atom stereocenters. The maximum Gasteiger partial charge on any atom is 0.254 e. The van der Waals surface area contributed by atoms with Crippen LogP contribution in [0, 0.1) is 0 Å². The van der Waals surface area contributed by atoms with Gasteiger partial charge < -0.3 is 20.2 Å². The summed E-state index contributed by atoms with van der Waals surface area (Å²) in [6.45, 7) is 3.80. The van der Waals surface area contributed by atoms with Crippen LogP contribution in [0.25, 0.3) is 0 Å². The number of nitrogens with zero attached hydrogens (tertiary/aromatic N) is 1. The summed E-state index contributed by atoms with van der Waals surface area (Å²) in [5.41, 5.74) is 7.11. The second-order valence-corrected chi connectivity index (χ2v) is 6.37. The fraction of sp³-hybridized carbons (Fsp3) is 0.389. The first-order chi connectivity index (χ1) is 12.2. The maximum absolute atomic E-state index is 12.4. The van der Waals surface area contributed by atoms with Crippen molar-refractivity contribution >= 4 is 42.3 Å². The van der Waals surface area contributed by atoms with Gasteiger partial charge >= 0.3 is 0 Å². The van der Waals surface area contributed by atoms with E-state index < -0.39 is 0 Å². The van der Waals surface area contributed by atoms with E-state index in [-0.39, 0.29) is 43.3 Å². The first-order valence-electron chi connectivity index (χ1n) is 8.30. The van der Waals surface area contributed by atoms with Crippen molar-refractivity contribution in [2.45, 2.75) is 12.6 Å². The first kappa shape index (κ1) is 23.8. The minimum Gasteiger partial charge on any atom is -0.467 e. The quantitative estimate of drug-likeness (QED) is 0.727. The van der Waals surface area contributed by atoms with Gasteiger partial charge in [-0.05, 0) is 23.8 Å². The number of hydrogen-bond donors (Lipinski definition) is 2. The van der Waals surface area contributed by atoms with Crippen LogP contribution in [0.1, 0.15) is 27.7 Å². The van der Waals surface area contributed by atoms with Crippen molar-refractivity contribution in [3.05, 3.63) is 58.5 Å². The van der Waals surface area contributed by atoms with E-state index in [0.29, 0.717) is 36.1 Å². The van der Waals surface area contributed by atoms with Crippen molar-refractivity contribution in [2.75, 3.05) is 32.8 Å². The Morgan fingerprint density at radius 3 is 2.48 bits per heavy atom. The molecule has 0 aliphatic carbocycles. The topological polar surface area (TPSA) is 80.7 Å². The van der Waals surface area contributed by atoms with Crippen molar-refractivity contribution in [1.29, 1.82) is 0 Å². The molecule has 1 aromatic heterocycles. The van der Waals surface area contributed by atoms with Crippen LogP contribution >= 0.6 is 36.4 Å². The molecule has 2 aromatic rings. The van der Waals surface area contributed by atoms with E-state index in [1.807, 2.05) is 24.3 Å². The smallest absolute Gasteiger partial charge is 0.254 e. The number of carbonyl (C=O) groups excluding carboxylic acids is 1. The Kier molecular flexibility index (Phi) is 10.2. The van der Waals surface area contributed by atoms with Gasteiger partial charge in [-0.3, -0.25) is 9.69 Å². The highest BCUT2D eigenvalue weighted by atomic mass is 35.5. The normalized spacial score (nSPS) is 15.3. The standard InChI is InChI=1S/C18H22ClN3O3.2ClH/c19-15-3-1-13(2-4-15)17(22-5-7-24-8-6-22)11-21-18(23)14-9-16(10-20)25-12-14;;/h1-4,9,12,17H,5-8,10-11,20H2,(H,21,23);2*1H. The number of benzene rings is 1. The molecule has 1 aliphatic rings. The lowest BCUT2D eigenvalue weighted by Crippen LogP contribution is -2.43. The van der Waals surface area contributed by atoms with Gasteiger partial charge in [-0.1, -0.05) is 23.7 Å². The van der Waals surface area contributed by atoms with Gasteiger partial charge in [-0.25, -0.2) is 0 Å². The summed E-state index contributed by atoms with van der Waals surface area (Å²) >= 11 is 6.00. The minimum absolute atomic E-state index is 0. The molecular formula is C18H24Cl3N3O3. The molecule has 9 heteroatoms. The lowest BCUT2D eigenvalue weighted by atomic mass is 10.0. The number of nitrogens with two attached hydrogens (primary N) is 1. The monoisotopic (exact) mass is 435 g/mol. The lowest BCUT2D eigenvalue weighted by Gasteiger charge is -2.35. The van der Waals surface area contributed by atoms with Gasteiger partial charge in [0.05, 0.1) is 31.4 Å². The van der Waals surface area contributed by atoms with Crippen LogP contribution in [-0.2, 0) is 11.3 Å². The van der Waals surface area contributed by atoms with Crippen LogP contribution in [0.4, 0.5) is 0 Å².